The maximum Gasteiger partial charge on any atom is 0.243 e. The van der Waals surface area contributed by atoms with E-state index >= 15 is 0 Å². The maximum atomic E-state index is 13.5. The number of halogens is 2. The van der Waals surface area contributed by atoms with Crippen LogP contribution in [0.25, 0.3) is 10.9 Å². The number of likely N-dealkylation sites (N-methyl/N-ethyl adjacent to an activating group) is 1. The van der Waals surface area contributed by atoms with Crippen molar-refractivity contribution in [3.63, 3.8) is 0 Å². The third-order valence-corrected chi connectivity index (χ3v) is 4.27. The van der Waals surface area contributed by atoms with E-state index in [-0.39, 0.29) is 18.3 Å². The second-order valence-corrected chi connectivity index (χ2v) is 6.64. The summed E-state index contributed by atoms with van der Waals surface area (Å²) in [7, 11) is 1.74. The fourth-order valence-corrected chi connectivity index (χ4v) is 3.04. The average molecular weight is 403 g/mol. The van der Waals surface area contributed by atoms with Crippen LogP contribution in [-0.2, 0) is 4.79 Å². The van der Waals surface area contributed by atoms with Crippen molar-refractivity contribution in [2.75, 3.05) is 23.8 Å². The summed E-state index contributed by atoms with van der Waals surface area (Å²) in [5.41, 5.74) is 2.34. The molecule has 0 spiro atoms. The summed E-state index contributed by atoms with van der Waals surface area (Å²) < 4.78 is 14.5. The molecule has 5 nitrogen and oxygen atoms in total. The SMILES string of the molecule is Cc1cc(Br)ccc1NC(=O)CN(C)c1ncnc2ccc(F)cc12. The fraction of sp³-hybridized carbons (Fsp3) is 0.167. The van der Waals surface area contributed by atoms with Crippen LogP contribution in [0.1, 0.15) is 5.56 Å². The number of anilines is 2. The number of rotatable bonds is 4. The highest BCUT2D eigenvalue weighted by atomic mass is 79.9. The summed E-state index contributed by atoms with van der Waals surface area (Å²) in [6.07, 6.45) is 1.41. The van der Waals surface area contributed by atoms with Gasteiger partial charge in [0.1, 0.15) is 18.0 Å². The van der Waals surface area contributed by atoms with Crippen LogP contribution in [0, 0.1) is 12.7 Å². The van der Waals surface area contributed by atoms with Gasteiger partial charge in [-0.25, -0.2) is 14.4 Å². The Balaban J connectivity index is 1.79. The molecule has 0 saturated carbocycles. The molecule has 0 aliphatic heterocycles. The molecular weight excluding hydrogens is 387 g/mol. The maximum absolute atomic E-state index is 13.5. The van der Waals surface area contributed by atoms with Crippen LogP contribution in [-0.4, -0.2) is 29.5 Å². The molecule has 7 heteroatoms. The Hall–Kier alpha value is -2.54. The van der Waals surface area contributed by atoms with Gasteiger partial charge in [0.15, 0.2) is 0 Å². The Kier molecular flexibility index (Phi) is 4.94. The second-order valence-electron chi connectivity index (χ2n) is 5.72. The number of benzene rings is 2. The number of carbonyl (C=O) groups is 1. The molecule has 0 unspecified atom stereocenters. The Morgan fingerprint density at radius 1 is 1.24 bits per heavy atom. The highest BCUT2D eigenvalue weighted by Gasteiger charge is 2.13. The summed E-state index contributed by atoms with van der Waals surface area (Å²) in [6, 6.07) is 9.95. The van der Waals surface area contributed by atoms with Crippen molar-refractivity contribution in [2.24, 2.45) is 0 Å². The van der Waals surface area contributed by atoms with Gasteiger partial charge in [-0.05, 0) is 48.9 Å². The molecule has 25 heavy (non-hydrogen) atoms. The van der Waals surface area contributed by atoms with Gasteiger partial charge in [0.25, 0.3) is 0 Å². The molecule has 0 bridgehead atoms. The molecule has 3 rings (SSSR count). The van der Waals surface area contributed by atoms with Gasteiger partial charge in [-0.15, -0.1) is 0 Å². The topological polar surface area (TPSA) is 58.1 Å². The molecule has 0 aliphatic rings. The molecule has 0 aliphatic carbocycles. The zero-order valence-corrected chi connectivity index (χ0v) is 15.3. The smallest absolute Gasteiger partial charge is 0.243 e. The monoisotopic (exact) mass is 402 g/mol. The normalized spacial score (nSPS) is 10.7. The Labute approximate surface area is 153 Å². The van der Waals surface area contributed by atoms with Crippen LogP contribution in [0.4, 0.5) is 15.9 Å². The van der Waals surface area contributed by atoms with Crippen LogP contribution in [0.2, 0.25) is 0 Å². The summed E-state index contributed by atoms with van der Waals surface area (Å²) in [6.45, 7) is 2.00. The number of aromatic nitrogens is 2. The van der Waals surface area contributed by atoms with Crippen molar-refractivity contribution in [3.8, 4) is 0 Å². The molecule has 0 radical (unpaired) electrons. The van der Waals surface area contributed by atoms with Crippen LogP contribution in [0.3, 0.4) is 0 Å². The van der Waals surface area contributed by atoms with Crippen molar-refractivity contribution in [1.82, 2.24) is 9.97 Å². The molecule has 1 N–H and O–H groups in total. The molecule has 128 valence electrons. The molecule has 3 aromatic rings. The lowest BCUT2D eigenvalue weighted by Crippen LogP contribution is -2.31. The number of aryl methyl sites for hydroxylation is 1. The summed E-state index contributed by atoms with van der Waals surface area (Å²) in [5, 5.41) is 3.45. The largest absolute Gasteiger partial charge is 0.350 e. The Morgan fingerprint density at radius 3 is 2.80 bits per heavy atom. The predicted octanol–water partition coefficient (Wildman–Crippen LogP) is 3.91. The fourth-order valence-electron chi connectivity index (χ4n) is 2.57. The number of hydrogen-bond donors (Lipinski definition) is 1. The van der Waals surface area contributed by atoms with E-state index in [0.717, 1.165) is 15.7 Å². The van der Waals surface area contributed by atoms with Crippen molar-refractivity contribution >= 4 is 44.2 Å². The summed E-state index contributed by atoms with van der Waals surface area (Å²) >= 11 is 3.40. The van der Waals surface area contributed by atoms with Gasteiger partial charge >= 0.3 is 0 Å². The highest BCUT2D eigenvalue weighted by Crippen LogP contribution is 2.23. The molecule has 0 atom stereocenters. The zero-order chi connectivity index (χ0) is 18.0. The van der Waals surface area contributed by atoms with Gasteiger partial charge in [-0.1, -0.05) is 15.9 Å². The van der Waals surface area contributed by atoms with Crippen molar-refractivity contribution in [2.45, 2.75) is 6.92 Å². The third-order valence-electron chi connectivity index (χ3n) is 3.78. The van der Waals surface area contributed by atoms with Gasteiger partial charge in [0, 0.05) is 22.6 Å². The van der Waals surface area contributed by atoms with E-state index in [4.69, 9.17) is 0 Å². The molecule has 2 aromatic carbocycles. The number of carbonyl (C=O) groups excluding carboxylic acids is 1. The van der Waals surface area contributed by atoms with Crippen molar-refractivity contribution in [3.05, 3.63) is 58.6 Å². The number of nitrogens with one attached hydrogen (secondary N) is 1. The lowest BCUT2D eigenvalue weighted by Gasteiger charge is -2.19. The van der Waals surface area contributed by atoms with Gasteiger partial charge in [-0.3, -0.25) is 4.79 Å². The summed E-state index contributed by atoms with van der Waals surface area (Å²) in [5.74, 6) is -0.0462. The minimum absolute atomic E-state index is 0.0815. The van der Waals surface area contributed by atoms with Gasteiger partial charge in [-0.2, -0.15) is 0 Å². The zero-order valence-electron chi connectivity index (χ0n) is 13.8. The van der Waals surface area contributed by atoms with Gasteiger partial charge < -0.3 is 10.2 Å². The molecular formula is C18H16BrFN4O. The van der Waals surface area contributed by atoms with Gasteiger partial charge in [0.2, 0.25) is 5.91 Å². The molecule has 1 aromatic heterocycles. The van der Waals surface area contributed by atoms with Gasteiger partial charge in [0.05, 0.1) is 12.1 Å². The highest BCUT2D eigenvalue weighted by molar-refractivity contribution is 9.10. The first-order valence-corrected chi connectivity index (χ1v) is 8.41. The lowest BCUT2D eigenvalue weighted by molar-refractivity contribution is -0.114. The quantitative estimate of drug-likeness (QED) is 0.718. The van der Waals surface area contributed by atoms with Crippen molar-refractivity contribution < 1.29 is 9.18 Å². The lowest BCUT2D eigenvalue weighted by atomic mass is 10.2. The standard InChI is InChI=1S/C18H16BrFN4O/c1-11-7-12(19)3-5-15(11)23-17(25)9-24(2)18-14-8-13(20)4-6-16(14)21-10-22-18/h3-8,10H,9H2,1-2H3,(H,23,25). The van der Waals surface area contributed by atoms with Crippen LogP contribution < -0.4 is 10.2 Å². The van der Waals surface area contributed by atoms with E-state index < -0.39 is 0 Å². The molecule has 1 amide bonds. The third kappa shape index (κ3) is 3.93. The van der Waals surface area contributed by atoms with E-state index in [1.54, 1.807) is 18.0 Å². The Morgan fingerprint density at radius 2 is 2.04 bits per heavy atom. The molecule has 0 saturated heterocycles. The van der Waals surface area contributed by atoms with Crippen LogP contribution in [0.15, 0.2) is 47.2 Å². The first-order chi connectivity index (χ1) is 11.9. The first-order valence-electron chi connectivity index (χ1n) is 7.61. The van der Waals surface area contributed by atoms with E-state index in [9.17, 15) is 9.18 Å². The van der Waals surface area contributed by atoms with Crippen LogP contribution in [0.5, 0.6) is 0 Å². The first kappa shape index (κ1) is 17.3. The predicted molar refractivity (Wildman–Crippen MR) is 100 cm³/mol. The van der Waals surface area contributed by atoms with E-state index in [2.05, 4.69) is 31.2 Å². The Bertz CT molecular complexity index is 948. The molecule has 1 heterocycles. The van der Waals surface area contributed by atoms with E-state index in [1.807, 2.05) is 25.1 Å². The minimum atomic E-state index is -0.369. The summed E-state index contributed by atoms with van der Waals surface area (Å²) in [4.78, 5) is 22.3. The number of fused-ring (bicyclic) bond motifs is 1. The number of amides is 1. The van der Waals surface area contributed by atoms with Crippen LogP contribution >= 0.6 is 15.9 Å². The number of nitrogens with zero attached hydrogens (tertiary/aromatic N) is 3. The number of hydrogen-bond acceptors (Lipinski definition) is 4. The minimum Gasteiger partial charge on any atom is -0.350 e. The van der Waals surface area contributed by atoms with Crippen molar-refractivity contribution in [1.29, 1.82) is 0 Å². The molecule has 0 fully saturated rings. The second kappa shape index (κ2) is 7.14. The average Bonchev–Trinajstić information content (AvgIpc) is 2.56. The van der Waals surface area contributed by atoms with E-state index in [1.165, 1.54) is 18.5 Å². The van der Waals surface area contributed by atoms with E-state index in [0.29, 0.717) is 16.7 Å².